The number of aromatic nitrogens is 1. The van der Waals surface area contributed by atoms with Gasteiger partial charge in [-0.05, 0) is 92.5 Å². The molecule has 3 aliphatic rings. The summed E-state index contributed by atoms with van der Waals surface area (Å²) in [5.41, 5.74) is 5.13. The van der Waals surface area contributed by atoms with Gasteiger partial charge in [0.2, 0.25) is 5.79 Å². The maximum atomic E-state index is 9.92. The highest BCUT2D eigenvalue weighted by Crippen LogP contribution is 2.62. The molecule has 1 aromatic carbocycles. The minimum atomic E-state index is -0.940. The molecule has 2 aromatic rings. The zero-order chi connectivity index (χ0) is 42.4. The Labute approximate surface area is 367 Å². The van der Waals surface area contributed by atoms with Gasteiger partial charge in [0.15, 0.2) is 0 Å². The molecule has 0 amide bonds. The Morgan fingerprint density at radius 3 is 2.22 bits per heavy atom. The first-order chi connectivity index (χ1) is 29.5. The SMILES string of the molecule is C=CCO[C@@]12Oc3ccc(OCc4cccc(C)n4)cc3[C@H]3[C@H](CCCCO)[C@@H](CCCCO)C=C(C(=NOC)C[C@@H]1SCCCCCCCCCCCCCCCC)[C@H]32. The molecule has 0 saturated heterocycles. The highest BCUT2D eigenvalue weighted by molar-refractivity contribution is 8.00. The van der Waals surface area contributed by atoms with Crippen molar-refractivity contribution in [3.05, 3.63) is 77.7 Å². The van der Waals surface area contributed by atoms with E-state index in [9.17, 15) is 10.2 Å². The zero-order valence-electron chi connectivity index (χ0n) is 37.4. The molecule has 9 heteroatoms. The summed E-state index contributed by atoms with van der Waals surface area (Å²) in [6, 6.07) is 12.3. The third kappa shape index (κ3) is 13.6. The fourth-order valence-electron chi connectivity index (χ4n) is 10.0. The number of benzene rings is 1. The lowest BCUT2D eigenvalue weighted by atomic mass is 9.56. The van der Waals surface area contributed by atoms with Crippen LogP contribution in [-0.2, 0) is 16.2 Å². The van der Waals surface area contributed by atoms with Crippen molar-refractivity contribution < 1.29 is 29.3 Å². The smallest absolute Gasteiger partial charge is 0.230 e. The van der Waals surface area contributed by atoms with E-state index in [1.165, 1.54) is 83.5 Å². The standard InChI is InChI=1S/C51H78N2O6S/c1-5-7-8-9-10-11-12-13-14-15-16-17-18-23-34-60-48-37-46(53-56-4)44-35-40(26-19-21-31-54)43(28-20-22-32-55)49-45-36-42(57-38-41-27-24-25-39(3)52-41)29-30-47(45)59-51(48,50(44)49)58-33-6-2/h6,24-25,27,29-30,35-36,40,43,48-50,54-55H,2,5,7-23,26,28,31-34,37-38H2,1,3-4H3/t40-,43+,48-,49+,50+,51+/m0/s1. The predicted octanol–water partition coefficient (Wildman–Crippen LogP) is 12.4. The second-order valence-electron chi connectivity index (χ2n) is 17.5. The molecule has 1 saturated carbocycles. The molecule has 2 N–H and O–H groups in total. The fraction of sp³-hybridized carbons (Fsp3) is 0.686. The minimum absolute atomic E-state index is 0.0153. The van der Waals surface area contributed by atoms with Crippen LogP contribution in [0.3, 0.4) is 0 Å². The normalized spacial score (nSPS) is 23.7. The largest absolute Gasteiger partial charge is 0.487 e. The lowest BCUT2D eigenvalue weighted by molar-refractivity contribution is -0.223. The fourth-order valence-corrected chi connectivity index (χ4v) is 11.5. The van der Waals surface area contributed by atoms with Crippen molar-refractivity contribution in [1.29, 1.82) is 0 Å². The molecular formula is C51H78N2O6S. The van der Waals surface area contributed by atoms with Gasteiger partial charge in [-0.15, -0.1) is 6.58 Å². The third-order valence-electron chi connectivity index (χ3n) is 13.0. The number of pyridine rings is 1. The summed E-state index contributed by atoms with van der Waals surface area (Å²) >= 11 is 1.97. The molecule has 0 unspecified atom stereocenters. The van der Waals surface area contributed by atoms with E-state index in [0.717, 1.165) is 90.4 Å². The quantitative estimate of drug-likeness (QED) is 0.0439. The lowest BCUT2D eigenvalue weighted by Crippen LogP contribution is -2.64. The van der Waals surface area contributed by atoms with Crippen molar-refractivity contribution >= 4 is 17.5 Å². The first-order valence-corrected chi connectivity index (χ1v) is 24.8. The molecule has 334 valence electrons. The molecular weight excluding hydrogens is 769 g/mol. The van der Waals surface area contributed by atoms with E-state index >= 15 is 0 Å². The average molecular weight is 847 g/mol. The van der Waals surface area contributed by atoms with Crippen LogP contribution in [0.5, 0.6) is 11.5 Å². The second-order valence-corrected chi connectivity index (χ2v) is 18.8. The highest BCUT2D eigenvalue weighted by Gasteiger charge is 2.63. The van der Waals surface area contributed by atoms with Gasteiger partial charge in [-0.3, -0.25) is 4.98 Å². The monoisotopic (exact) mass is 847 g/mol. The van der Waals surface area contributed by atoms with Gasteiger partial charge in [0.1, 0.15) is 25.2 Å². The molecule has 0 spiro atoms. The van der Waals surface area contributed by atoms with E-state index in [1.807, 2.05) is 49.0 Å². The number of aryl methyl sites for hydroxylation is 1. The van der Waals surface area contributed by atoms with Crippen molar-refractivity contribution in [3.8, 4) is 11.5 Å². The Bertz CT molecular complexity index is 1620. The first-order valence-electron chi connectivity index (χ1n) is 23.8. The summed E-state index contributed by atoms with van der Waals surface area (Å²) < 4.78 is 20.9. The number of hydrogen-bond acceptors (Lipinski definition) is 9. The number of nitrogens with zero attached hydrogens (tertiary/aromatic N) is 2. The average Bonchev–Trinajstić information content (AvgIpc) is 3.25. The lowest BCUT2D eigenvalue weighted by Gasteiger charge is -2.58. The van der Waals surface area contributed by atoms with E-state index in [0.29, 0.717) is 19.6 Å². The van der Waals surface area contributed by atoms with Gasteiger partial charge >= 0.3 is 0 Å². The predicted molar refractivity (Wildman–Crippen MR) is 248 cm³/mol. The van der Waals surface area contributed by atoms with Crippen molar-refractivity contribution in [2.75, 3.05) is 32.7 Å². The number of unbranched alkanes of at least 4 members (excludes halogenated alkanes) is 15. The second kappa shape index (κ2) is 26.6. The van der Waals surface area contributed by atoms with Crippen LogP contribution in [0.2, 0.25) is 0 Å². The van der Waals surface area contributed by atoms with Crippen molar-refractivity contribution in [3.63, 3.8) is 0 Å². The molecule has 8 nitrogen and oxygen atoms in total. The number of rotatable bonds is 31. The zero-order valence-corrected chi connectivity index (χ0v) is 38.2. The van der Waals surface area contributed by atoms with Gasteiger partial charge in [0.05, 0.1) is 29.2 Å². The maximum absolute atomic E-state index is 9.92. The number of thioether (sulfide) groups is 1. The van der Waals surface area contributed by atoms with Gasteiger partial charge in [-0.1, -0.05) is 127 Å². The molecule has 0 radical (unpaired) electrons. The van der Waals surface area contributed by atoms with E-state index in [4.69, 9.17) is 24.2 Å². The molecule has 60 heavy (non-hydrogen) atoms. The summed E-state index contributed by atoms with van der Waals surface area (Å²) in [6.45, 7) is 9.48. The van der Waals surface area contributed by atoms with Gasteiger partial charge in [-0.25, -0.2) is 0 Å². The third-order valence-corrected chi connectivity index (χ3v) is 14.4. The maximum Gasteiger partial charge on any atom is 0.230 e. The minimum Gasteiger partial charge on any atom is -0.487 e. The number of hydrogen-bond donors (Lipinski definition) is 2. The van der Waals surface area contributed by atoms with Crippen molar-refractivity contribution in [2.45, 2.75) is 172 Å². The van der Waals surface area contributed by atoms with Crippen LogP contribution in [0.4, 0.5) is 0 Å². The highest BCUT2D eigenvalue weighted by atomic mass is 32.2. The van der Waals surface area contributed by atoms with Gasteiger partial charge in [0, 0.05) is 36.8 Å². The molecule has 0 bridgehead atoms. The molecule has 2 heterocycles. The number of oxime groups is 1. The molecule has 1 aliphatic heterocycles. The summed E-state index contributed by atoms with van der Waals surface area (Å²) in [5, 5.41) is 24.4. The Morgan fingerprint density at radius 2 is 1.57 bits per heavy atom. The van der Waals surface area contributed by atoms with Crippen LogP contribution in [-0.4, -0.2) is 64.6 Å². The Morgan fingerprint density at radius 1 is 0.883 bits per heavy atom. The summed E-state index contributed by atoms with van der Waals surface area (Å²) in [6.07, 6.45) is 29.1. The van der Waals surface area contributed by atoms with Gasteiger partial charge in [-0.2, -0.15) is 11.8 Å². The van der Waals surface area contributed by atoms with Crippen LogP contribution in [0, 0.1) is 24.7 Å². The molecule has 6 atom stereocenters. The summed E-state index contributed by atoms with van der Waals surface area (Å²) in [5.74, 6) is 2.13. The van der Waals surface area contributed by atoms with E-state index in [1.54, 1.807) is 7.11 Å². The number of aliphatic hydroxyl groups is 2. The van der Waals surface area contributed by atoms with E-state index in [2.05, 4.69) is 36.7 Å². The number of ether oxygens (including phenoxy) is 3. The van der Waals surface area contributed by atoms with Crippen LogP contribution in [0.25, 0.3) is 0 Å². The summed E-state index contributed by atoms with van der Waals surface area (Å²) in [7, 11) is 1.65. The van der Waals surface area contributed by atoms with Crippen LogP contribution in [0.1, 0.15) is 165 Å². The van der Waals surface area contributed by atoms with Crippen LogP contribution in [0.15, 0.2) is 65.9 Å². The van der Waals surface area contributed by atoms with Crippen molar-refractivity contribution in [1.82, 2.24) is 4.98 Å². The Hall–Kier alpha value is -2.85. The van der Waals surface area contributed by atoms with E-state index in [-0.39, 0.29) is 42.1 Å². The van der Waals surface area contributed by atoms with Crippen LogP contribution < -0.4 is 9.47 Å². The molecule has 5 rings (SSSR count). The Kier molecular flexibility index (Phi) is 21.4. The number of allylic oxidation sites excluding steroid dienone is 1. The number of aliphatic hydroxyl groups excluding tert-OH is 2. The number of fused-ring (bicyclic) bond motifs is 2. The topological polar surface area (TPSA) is 103 Å². The summed E-state index contributed by atoms with van der Waals surface area (Å²) in [4.78, 5) is 10.3. The Balaban J connectivity index is 1.38. The molecule has 2 aliphatic carbocycles. The van der Waals surface area contributed by atoms with E-state index < -0.39 is 5.79 Å². The molecule has 1 aromatic heterocycles. The first kappa shape index (κ1) is 48.2. The molecule has 1 fully saturated rings. The van der Waals surface area contributed by atoms with Crippen molar-refractivity contribution in [2.24, 2.45) is 22.9 Å². The van der Waals surface area contributed by atoms with Gasteiger partial charge < -0.3 is 29.3 Å². The van der Waals surface area contributed by atoms with Gasteiger partial charge in [0.25, 0.3) is 0 Å². The van der Waals surface area contributed by atoms with Crippen LogP contribution >= 0.6 is 11.8 Å².